The van der Waals surface area contributed by atoms with Crippen molar-refractivity contribution in [1.29, 1.82) is 0 Å². The average molecular weight is 276 g/mol. The van der Waals surface area contributed by atoms with Crippen LogP contribution in [0.4, 0.5) is 20.2 Å². The summed E-state index contributed by atoms with van der Waals surface area (Å²) in [4.78, 5) is 1.67. The predicted octanol–water partition coefficient (Wildman–Crippen LogP) is 3.84. The van der Waals surface area contributed by atoms with E-state index in [0.717, 1.165) is 6.54 Å². The van der Waals surface area contributed by atoms with Crippen LogP contribution in [0.25, 0.3) is 0 Å². The summed E-state index contributed by atoms with van der Waals surface area (Å²) in [6.45, 7) is 3.12. The second-order valence-electron chi connectivity index (χ2n) is 4.53. The molecule has 4 heteroatoms. The van der Waals surface area contributed by atoms with Crippen molar-refractivity contribution in [1.82, 2.24) is 5.32 Å². The molecular weight excluding hydrogens is 258 g/mol. The molecule has 0 fully saturated rings. The van der Waals surface area contributed by atoms with Crippen molar-refractivity contribution in [2.45, 2.75) is 13.5 Å². The van der Waals surface area contributed by atoms with Gasteiger partial charge in [-0.2, -0.15) is 0 Å². The van der Waals surface area contributed by atoms with Crippen molar-refractivity contribution < 1.29 is 8.78 Å². The van der Waals surface area contributed by atoms with Gasteiger partial charge in [0.25, 0.3) is 0 Å². The first-order chi connectivity index (χ1) is 9.65. The van der Waals surface area contributed by atoms with Gasteiger partial charge in [-0.25, -0.2) is 8.78 Å². The standard InChI is InChI=1S/C16H18F2N2/c1-3-19-11-12-13(17)8-6-10-15(12)20(2)16-9-5-4-7-14(16)18/h4-10,19H,3,11H2,1-2H3. The highest BCUT2D eigenvalue weighted by atomic mass is 19.1. The minimum atomic E-state index is -0.325. The minimum Gasteiger partial charge on any atom is -0.342 e. The number of halogens is 2. The van der Waals surface area contributed by atoms with Gasteiger partial charge in [0.1, 0.15) is 11.6 Å². The van der Waals surface area contributed by atoms with Crippen LogP contribution in [0.3, 0.4) is 0 Å². The van der Waals surface area contributed by atoms with E-state index in [1.807, 2.05) is 6.92 Å². The van der Waals surface area contributed by atoms with E-state index in [1.165, 1.54) is 12.1 Å². The van der Waals surface area contributed by atoms with Crippen LogP contribution in [0.1, 0.15) is 12.5 Å². The summed E-state index contributed by atoms with van der Waals surface area (Å²) in [5.41, 5.74) is 1.63. The molecule has 0 saturated carbocycles. The largest absolute Gasteiger partial charge is 0.342 e. The number of hydrogen-bond acceptors (Lipinski definition) is 2. The Labute approximate surface area is 118 Å². The lowest BCUT2D eigenvalue weighted by molar-refractivity contribution is 0.592. The lowest BCUT2D eigenvalue weighted by atomic mass is 10.1. The van der Waals surface area contributed by atoms with Crippen molar-refractivity contribution in [2.75, 3.05) is 18.5 Å². The zero-order valence-corrected chi connectivity index (χ0v) is 11.7. The average Bonchev–Trinajstić information content (AvgIpc) is 2.45. The Bertz CT molecular complexity index is 584. The van der Waals surface area contributed by atoms with Gasteiger partial charge in [-0.15, -0.1) is 0 Å². The van der Waals surface area contributed by atoms with E-state index in [4.69, 9.17) is 0 Å². The summed E-state index contributed by atoms with van der Waals surface area (Å²) < 4.78 is 27.8. The monoisotopic (exact) mass is 276 g/mol. The summed E-state index contributed by atoms with van der Waals surface area (Å²) in [5.74, 6) is -0.611. The highest BCUT2D eigenvalue weighted by Crippen LogP contribution is 2.30. The molecule has 2 rings (SSSR count). The summed E-state index contributed by atoms with van der Waals surface area (Å²) >= 11 is 0. The van der Waals surface area contributed by atoms with Crippen LogP contribution in [-0.2, 0) is 6.54 Å². The van der Waals surface area contributed by atoms with E-state index >= 15 is 0 Å². The van der Waals surface area contributed by atoms with E-state index in [1.54, 1.807) is 42.3 Å². The van der Waals surface area contributed by atoms with Gasteiger partial charge in [0.2, 0.25) is 0 Å². The Morgan fingerprint density at radius 2 is 1.60 bits per heavy atom. The highest BCUT2D eigenvalue weighted by Gasteiger charge is 2.15. The second-order valence-corrected chi connectivity index (χ2v) is 4.53. The maximum atomic E-state index is 14.0. The Balaban J connectivity index is 2.41. The number of rotatable bonds is 5. The molecular formula is C16H18F2N2. The molecule has 1 N–H and O–H groups in total. The summed E-state index contributed by atoms with van der Waals surface area (Å²) in [6, 6.07) is 11.3. The molecule has 0 amide bonds. The van der Waals surface area contributed by atoms with Gasteiger partial charge in [0.05, 0.1) is 5.69 Å². The molecule has 2 nitrogen and oxygen atoms in total. The van der Waals surface area contributed by atoms with Crippen LogP contribution in [0.2, 0.25) is 0 Å². The first-order valence-corrected chi connectivity index (χ1v) is 6.61. The van der Waals surface area contributed by atoms with Crippen molar-refractivity contribution in [3.05, 3.63) is 59.7 Å². The fraction of sp³-hybridized carbons (Fsp3) is 0.250. The first kappa shape index (κ1) is 14.5. The molecule has 2 aromatic rings. The number of nitrogens with zero attached hydrogens (tertiary/aromatic N) is 1. The molecule has 0 unspecified atom stereocenters. The van der Waals surface area contributed by atoms with Gasteiger partial charge in [0.15, 0.2) is 0 Å². The summed E-state index contributed by atoms with van der Waals surface area (Å²) in [7, 11) is 1.74. The fourth-order valence-corrected chi connectivity index (χ4v) is 2.14. The van der Waals surface area contributed by atoms with Crippen LogP contribution in [-0.4, -0.2) is 13.6 Å². The number of para-hydroxylation sites is 1. The van der Waals surface area contributed by atoms with Crippen LogP contribution in [0.15, 0.2) is 42.5 Å². The molecule has 0 aliphatic rings. The van der Waals surface area contributed by atoms with Crippen molar-refractivity contribution in [2.24, 2.45) is 0 Å². The van der Waals surface area contributed by atoms with Crippen molar-refractivity contribution >= 4 is 11.4 Å². The third-order valence-corrected chi connectivity index (χ3v) is 3.22. The minimum absolute atomic E-state index is 0.286. The molecule has 0 saturated heterocycles. The molecule has 0 radical (unpaired) electrons. The normalized spacial score (nSPS) is 10.6. The molecule has 0 aliphatic heterocycles. The molecule has 20 heavy (non-hydrogen) atoms. The van der Waals surface area contributed by atoms with E-state index in [9.17, 15) is 8.78 Å². The highest BCUT2D eigenvalue weighted by molar-refractivity contribution is 5.66. The van der Waals surface area contributed by atoms with E-state index in [-0.39, 0.29) is 11.6 Å². The quantitative estimate of drug-likeness (QED) is 0.892. The van der Waals surface area contributed by atoms with Crippen LogP contribution in [0, 0.1) is 11.6 Å². The molecule has 106 valence electrons. The molecule has 2 aromatic carbocycles. The van der Waals surface area contributed by atoms with Crippen LogP contribution in [0.5, 0.6) is 0 Å². The van der Waals surface area contributed by atoms with Gasteiger partial charge in [-0.05, 0) is 30.8 Å². The predicted molar refractivity (Wildman–Crippen MR) is 78.2 cm³/mol. The molecule has 0 aromatic heterocycles. The number of anilines is 2. The smallest absolute Gasteiger partial charge is 0.146 e. The van der Waals surface area contributed by atoms with Gasteiger partial charge < -0.3 is 10.2 Å². The Kier molecular flexibility index (Phi) is 4.69. The summed E-state index contributed by atoms with van der Waals surface area (Å²) in [5, 5.41) is 3.11. The SMILES string of the molecule is CCNCc1c(F)cccc1N(C)c1ccccc1F. The van der Waals surface area contributed by atoms with Gasteiger partial charge in [-0.1, -0.05) is 25.1 Å². The third kappa shape index (κ3) is 2.96. The lowest BCUT2D eigenvalue weighted by Gasteiger charge is -2.23. The molecule has 0 bridgehead atoms. The third-order valence-electron chi connectivity index (χ3n) is 3.22. The van der Waals surface area contributed by atoms with Crippen LogP contribution < -0.4 is 10.2 Å². The molecule has 0 heterocycles. The molecule has 0 aliphatic carbocycles. The zero-order chi connectivity index (χ0) is 14.5. The van der Waals surface area contributed by atoms with Crippen molar-refractivity contribution in [3.63, 3.8) is 0 Å². The Morgan fingerprint density at radius 1 is 0.950 bits per heavy atom. The van der Waals surface area contributed by atoms with Gasteiger partial charge >= 0.3 is 0 Å². The number of hydrogen-bond donors (Lipinski definition) is 1. The number of nitrogens with one attached hydrogen (secondary N) is 1. The lowest BCUT2D eigenvalue weighted by Crippen LogP contribution is -2.19. The van der Waals surface area contributed by atoms with E-state index < -0.39 is 0 Å². The first-order valence-electron chi connectivity index (χ1n) is 6.61. The summed E-state index contributed by atoms with van der Waals surface area (Å²) in [6.07, 6.45) is 0. The Morgan fingerprint density at radius 3 is 2.30 bits per heavy atom. The van der Waals surface area contributed by atoms with E-state index in [2.05, 4.69) is 5.32 Å². The Hall–Kier alpha value is -1.94. The van der Waals surface area contributed by atoms with Crippen LogP contribution >= 0.6 is 0 Å². The fourth-order valence-electron chi connectivity index (χ4n) is 2.14. The maximum Gasteiger partial charge on any atom is 0.146 e. The zero-order valence-electron chi connectivity index (χ0n) is 11.7. The maximum absolute atomic E-state index is 14.0. The second kappa shape index (κ2) is 6.48. The molecule has 0 atom stereocenters. The number of benzene rings is 2. The van der Waals surface area contributed by atoms with E-state index in [0.29, 0.717) is 23.5 Å². The van der Waals surface area contributed by atoms with Crippen molar-refractivity contribution in [3.8, 4) is 0 Å². The van der Waals surface area contributed by atoms with Gasteiger partial charge in [-0.3, -0.25) is 0 Å². The molecule has 0 spiro atoms. The van der Waals surface area contributed by atoms with Gasteiger partial charge in [0, 0.05) is 24.8 Å². The topological polar surface area (TPSA) is 15.3 Å².